The fourth-order valence-electron chi connectivity index (χ4n) is 2.35. The number of benzene rings is 2. The molecule has 0 fully saturated rings. The van der Waals surface area contributed by atoms with E-state index in [1.54, 1.807) is 0 Å². The van der Waals surface area contributed by atoms with Crippen molar-refractivity contribution < 1.29 is 14.3 Å². The van der Waals surface area contributed by atoms with Crippen LogP contribution in [0.3, 0.4) is 0 Å². The van der Waals surface area contributed by atoms with Crippen molar-refractivity contribution in [2.75, 3.05) is 11.9 Å². The number of aliphatic hydroxyl groups is 1. The van der Waals surface area contributed by atoms with Gasteiger partial charge in [-0.3, -0.25) is 0 Å². The second-order valence-corrected chi connectivity index (χ2v) is 5.36. The van der Waals surface area contributed by atoms with Gasteiger partial charge in [0.1, 0.15) is 5.82 Å². The van der Waals surface area contributed by atoms with Crippen LogP contribution in [0.5, 0.6) is 0 Å². The smallest absolute Gasteiger partial charge is 0.319 e. The summed E-state index contributed by atoms with van der Waals surface area (Å²) in [4.78, 5) is 12.0. The molecule has 0 aliphatic rings. The van der Waals surface area contributed by atoms with Crippen LogP contribution in [0, 0.1) is 12.7 Å². The van der Waals surface area contributed by atoms with Crippen LogP contribution in [-0.2, 0) is 6.42 Å². The molecule has 23 heavy (non-hydrogen) atoms. The summed E-state index contributed by atoms with van der Waals surface area (Å²) in [6, 6.07) is 11.0. The Morgan fingerprint density at radius 2 is 1.91 bits per heavy atom. The molecule has 2 aromatic carbocycles. The quantitative estimate of drug-likeness (QED) is 0.790. The summed E-state index contributed by atoms with van der Waals surface area (Å²) in [7, 11) is 0. The van der Waals surface area contributed by atoms with Gasteiger partial charge in [0, 0.05) is 12.2 Å². The number of amides is 2. The van der Waals surface area contributed by atoms with Crippen molar-refractivity contribution in [3.63, 3.8) is 0 Å². The summed E-state index contributed by atoms with van der Waals surface area (Å²) in [6.07, 6.45) is -0.0703. The van der Waals surface area contributed by atoms with Gasteiger partial charge in [-0.2, -0.15) is 0 Å². The molecule has 0 saturated carbocycles. The van der Waals surface area contributed by atoms with Crippen LogP contribution in [0.15, 0.2) is 42.5 Å². The van der Waals surface area contributed by atoms with E-state index in [0.717, 1.165) is 23.2 Å². The van der Waals surface area contributed by atoms with Crippen molar-refractivity contribution >= 4 is 11.7 Å². The maximum absolute atomic E-state index is 12.9. The number of hydrogen-bond donors (Lipinski definition) is 3. The van der Waals surface area contributed by atoms with E-state index in [1.165, 1.54) is 24.3 Å². The second kappa shape index (κ2) is 7.74. The second-order valence-electron chi connectivity index (χ2n) is 5.36. The Morgan fingerprint density at radius 3 is 2.57 bits per heavy atom. The van der Waals surface area contributed by atoms with Gasteiger partial charge in [0.15, 0.2) is 0 Å². The van der Waals surface area contributed by atoms with Gasteiger partial charge >= 0.3 is 6.03 Å². The molecule has 0 aliphatic carbocycles. The summed E-state index contributed by atoms with van der Waals surface area (Å²) in [6.45, 7) is 4.00. The monoisotopic (exact) mass is 316 g/mol. The number of halogens is 1. The van der Waals surface area contributed by atoms with Crippen molar-refractivity contribution in [1.82, 2.24) is 5.32 Å². The van der Waals surface area contributed by atoms with E-state index < -0.39 is 6.10 Å². The molecule has 5 heteroatoms. The minimum atomic E-state index is -0.885. The average molecular weight is 316 g/mol. The number of aliphatic hydroxyl groups excluding tert-OH is 1. The molecule has 0 radical (unpaired) electrons. The Balaban J connectivity index is 1.94. The predicted molar refractivity (Wildman–Crippen MR) is 88.9 cm³/mol. The fraction of sp³-hybridized carbons (Fsp3) is 0.278. The number of hydrogen-bond acceptors (Lipinski definition) is 2. The molecule has 0 saturated heterocycles. The lowest BCUT2D eigenvalue weighted by Gasteiger charge is -2.16. The van der Waals surface area contributed by atoms with Gasteiger partial charge in [-0.25, -0.2) is 9.18 Å². The molecule has 4 nitrogen and oxygen atoms in total. The van der Waals surface area contributed by atoms with E-state index in [0.29, 0.717) is 5.56 Å². The van der Waals surface area contributed by atoms with E-state index in [2.05, 4.69) is 10.6 Å². The van der Waals surface area contributed by atoms with Crippen LogP contribution in [0.4, 0.5) is 14.9 Å². The minimum absolute atomic E-state index is 0.0464. The zero-order valence-corrected chi connectivity index (χ0v) is 13.3. The van der Waals surface area contributed by atoms with Crippen molar-refractivity contribution in [1.29, 1.82) is 0 Å². The molecule has 1 unspecified atom stereocenters. The number of rotatable bonds is 5. The molecule has 122 valence electrons. The molecule has 2 amide bonds. The van der Waals surface area contributed by atoms with Gasteiger partial charge < -0.3 is 15.7 Å². The molecule has 2 aromatic rings. The molecule has 3 N–H and O–H groups in total. The Hall–Kier alpha value is -2.40. The van der Waals surface area contributed by atoms with Gasteiger partial charge in [0.25, 0.3) is 0 Å². The van der Waals surface area contributed by atoms with E-state index in [1.807, 2.05) is 32.0 Å². The summed E-state index contributed by atoms with van der Waals surface area (Å²) in [5.41, 5.74) is 3.39. The van der Waals surface area contributed by atoms with Crippen molar-refractivity contribution in [2.45, 2.75) is 26.4 Å². The van der Waals surface area contributed by atoms with Gasteiger partial charge in [-0.15, -0.1) is 0 Å². The average Bonchev–Trinajstić information content (AvgIpc) is 2.55. The van der Waals surface area contributed by atoms with Crippen molar-refractivity contribution in [3.05, 3.63) is 65.0 Å². The molecule has 0 bridgehead atoms. The number of aryl methyl sites for hydroxylation is 2. The molecule has 2 rings (SSSR count). The lowest BCUT2D eigenvalue weighted by atomic mass is 10.1. The van der Waals surface area contributed by atoms with Crippen LogP contribution >= 0.6 is 0 Å². The highest BCUT2D eigenvalue weighted by Gasteiger charge is 2.11. The first-order valence-corrected chi connectivity index (χ1v) is 7.58. The number of carbonyl (C=O) groups excluding carboxylic acids is 1. The van der Waals surface area contributed by atoms with Crippen LogP contribution in [0.2, 0.25) is 0 Å². The van der Waals surface area contributed by atoms with E-state index in [9.17, 15) is 14.3 Å². The van der Waals surface area contributed by atoms with Gasteiger partial charge in [0.05, 0.1) is 6.10 Å². The lowest BCUT2D eigenvalue weighted by Crippen LogP contribution is -2.32. The summed E-state index contributed by atoms with van der Waals surface area (Å²) < 4.78 is 12.9. The maximum Gasteiger partial charge on any atom is 0.319 e. The first kappa shape index (κ1) is 17.0. The summed E-state index contributed by atoms with van der Waals surface area (Å²) in [5, 5.41) is 15.5. The highest BCUT2D eigenvalue weighted by atomic mass is 19.1. The maximum atomic E-state index is 12.9. The third-order valence-electron chi connectivity index (χ3n) is 3.69. The predicted octanol–water partition coefficient (Wildman–Crippen LogP) is 3.55. The molecule has 0 spiro atoms. The zero-order valence-electron chi connectivity index (χ0n) is 13.3. The molecule has 0 aliphatic heterocycles. The summed E-state index contributed by atoms with van der Waals surface area (Å²) in [5.74, 6) is -0.363. The molecule has 1 atom stereocenters. The molecular weight excluding hydrogens is 295 g/mol. The largest absolute Gasteiger partial charge is 0.387 e. The minimum Gasteiger partial charge on any atom is -0.387 e. The van der Waals surface area contributed by atoms with Crippen molar-refractivity contribution in [2.24, 2.45) is 0 Å². The van der Waals surface area contributed by atoms with Crippen LogP contribution in [0.25, 0.3) is 0 Å². The summed E-state index contributed by atoms with van der Waals surface area (Å²) >= 11 is 0. The van der Waals surface area contributed by atoms with E-state index in [4.69, 9.17) is 0 Å². The van der Waals surface area contributed by atoms with Gasteiger partial charge in [0.2, 0.25) is 0 Å². The Labute approximate surface area is 135 Å². The van der Waals surface area contributed by atoms with Crippen LogP contribution in [0.1, 0.15) is 29.7 Å². The Bertz CT molecular complexity index is 671. The SMILES string of the molecule is CCc1cccc(C)c1NC(=O)NCC(O)c1ccc(F)cc1. The molecular formula is C18H21FN2O2. The lowest BCUT2D eigenvalue weighted by molar-refractivity contribution is 0.175. The number of nitrogens with one attached hydrogen (secondary N) is 2. The fourth-order valence-corrected chi connectivity index (χ4v) is 2.35. The highest BCUT2D eigenvalue weighted by molar-refractivity contribution is 5.91. The number of para-hydroxylation sites is 1. The van der Waals surface area contributed by atoms with Gasteiger partial charge in [-0.1, -0.05) is 37.3 Å². The number of carbonyl (C=O) groups is 1. The van der Waals surface area contributed by atoms with Gasteiger partial charge in [-0.05, 0) is 42.2 Å². The first-order chi connectivity index (χ1) is 11.0. The van der Waals surface area contributed by atoms with Crippen molar-refractivity contribution in [3.8, 4) is 0 Å². The van der Waals surface area contributed by atoms with E-state index in [-0.39, 0.29) is 18.4 Å². The van der Waals surface area contributed by atoms with Crippen LogP contribution in [-0.4, -0.2) is 17.7 Å². The Kier molecular flexibility index (Phi) is 5.71. The normalized spacial score (nSPS) is 11.8. The topological polar surface area (TPSA) is 61.4 Å². The number of anilines is 1. The standard InChI is InChI=1S/C18H21FN2O2/c1-3-13-6-4-5-12(2)17(13)21-18(23)20-11-16(22)14-7-9-15(19)10-8-14/h4-10,16,22H,3,11H2,1-2H3,(H2,20,21,23). The molecule has 0 aromatic heterocycles. The van der Waals surface area contributed by atoms with E-state index >= 15 is 0 Å². The van der Waals surface area contributed by atoms with Crippen LogP contribution < -0.4 is 10.6 Å². The molecule has 0 heterocycles. The first-order valence-electron chi connectivity index (χ1n) is 7.58. The third kappa shape index (κ3) is 4.53. The number of urea groups is 1. The third-order valence-corrected chi connectivity index (χ3v) is 3.69. The Morgan fingerprint density at radius 1 is 1.22 bits per heavy atom. The zero-order chi connectivity index (χ0) is 16.8. The highest BCUT2D eigenvalue weighted by Crippen LogP contribution is 2.21.